The highest BCUT2D eigenvalue weighted by Crippen LogP contribution is 2.26. The Morgan fingerprint density at radius 1 is 1.17 bits per heavy atom. The summed E-state index contributed by atoms with van der Waals surface area (Å²) in [5.41, 5.74) is 7.01. The topological polar surface area (TPSA) is 0 Å². The zero-order valence-electron chi connectivity index (χ0n) is 11.9. The van der Waals surface area contributed by atoms with Gasteiger partial charge >= 0.3 is 0 Å². The Hall–Kier alpha value is -1.82. The maximum Gasteiger partial charge on any atom is -0.0158 e. The van der Waals surface area contributed by atoms with Crippen molar-refractivity contribution in [3.05, 3.63) is 71.8 Å². The summed E-state index contributed by atoms with van der Waals surface area (Å²) in [6, 6.07) is 6.42. The molecule has 0 bridgehead atoms. The molecule has 1 aromatic carbocycles. The Morgan fingerprint density at radius 2 is 1.83 bits per heavy atom. The fourth-order valence-corrected chi connectivity index (χ4v) is 1.82. The lowest BCUT2D eigenvalue weighted by Crippen LogP contribution is -1.91. The van der Waals surface area contributed by atoms with E-state index in [-0.39, 0.29) is 0 Å². The molecule has 0 N–H and O–H groups in total. The van der Waals surface area contributed by atoms with Crippen LogP contribution < -0.4 is 0 Å². The SMILES string of the molecule is C=C(C)c1ccc(C(=C)/C(C)=C\C=C/C)c(C)c1. The number of aryl methyl sites for hydroxylation is 1. The molecule has 94 valence electrons. The summed E-state index contributed by atoms with van der Waals surface area (Å²) >= 11 is 0. The predicted octanol–water partition coefficient (Wildman–Crippen LogP) is 5.56. The maximum atomic E-state index is 4.19. The molecular formula is C18H22. The predicted molar refractivity (Wildman–Crippen MR) is 83.5 cm³/mol. The van der Waals surface area contributed by atoms with Crippen LogP contribution in [0, 0.1) is 6.92 Å². The van der Waals surface area contributed by atoms with Crippen molar-refractivity contribution in [2.24, 2.45) is 0 Å². The number of rotatable bonds is 4. The van der Waals surface area contributed by atoms with Crippen molar-refractivity contribution in [2.75, 3.05) is 0 Å². The molecule has 0 saturated heterocycles. The van der Waals surface area contributed by atoms with Gasteiger partial charge in [-0.15, -0.1) is 0 Å². The molecule has 18 heavy (non-hydrogen) atoms. The third kappa shape index (κ3) is 3.33. The molecule has 0 fully saturated rings. The van der Waals surface area contributed by atoms with Crippen LogP contribution >= 0.6 is 0 Å². The molecule has 0 spiro atoms. The zero-order valence-corrected chi connectivity index (χ0v) is 11.9. The highest BCUT2D eigenvalue weighted by atomic mass is 14.1. The molecule has 0 amide bonds. The lowest BCUT2D eigenvalue weighted by Gasteiger charge is -2.11. The fraction of sp³-hybridized carbons (Fsp3) is 0.222. The Bertz CT molecular complexity index is 525. The molecule has 0 aliphatic heterocycles. The third-order valence-corrected chi connectivity index (χ3v) is 3.06. The van der Waals surface area contributed by atoms with Crippen molar-refractivity contribution in [1.29, 1.82) is 0 Å². The largest absolute Gasteiger partial charge is 0.0955 e. The molecule has 0 heteroatoms. The molecule has 0 heterocycles. The van der Waals surface area contributed by atoms with Gasteiger partial charge in [0.2, 0.25) is 0 Å². The Labute approximate surface area is 111 Å². The van der Waals surface area contributed by atoms with Crippen molar-refractivity contribution < 1.29 is 0 Å². The van der Waals surface area contributed by atoms with Gasteiger partial charge in [0.05, 0.1) is 0 Å². The van der Waals surface area contributed by atoms with Gasteiger partial charge in [0, 0.05) is 0 Å². The van der Waals surface area contributed by atoms with Gasteiger partial charge in [-0.3, -0.25) is 0 Å². The lowest BCUT2D eigenvalue weighted by molar-refractivity contribution is 1.38. The summed E-state index contributed by atoms with van der Waals surface area (Å²) in [5.74, 6) is 0. The highest BCUT2D eigenvalue weighted by Gasteiger charge is 2.05. The molecule has 0 unspecified atom stereocenters. The fourth-order valence-electron chi connectivity index (χ4n) is 1.82. The average molecular weight is 238 g/mol. The highest BCUT2D eigenvalue weighted by molar-refractivity contribution is 5.79. The van der Waals surface area contributed by atoms with Crippen LogP contribution in [0.25, 0.3) is 11.1 Å². The van der Waals surface area contributed by atoms with Gasteiger partial charge in [0.15, 0.2) is 0 Å². The van der Waals surface area contributed by atoms with E-state index in [2.05, 4.69) is 51.3 Å². The summed E-state index contributed by atoms with van der Waals surface area (Å²) in [5, 5.41) is 0. The number of allylic oxidation sites excluding steroid dienone is 6. The van der Waals surface area contributed by atoms with E-state index in [1.807, 2.05) is 26.0 Å². The quantitative estimate of drug-likeness (QED) is 0.602. The van der Waals surface area contributed by atoms with E-state index in [9.17, 15) is 0 Å². The van der Waals surface area contributed by atoms with Gasteiger partial charge in [-0.2, -0.15) is 0 Å². The van der Waals surface area contributed by atoms with Crippen molar-refractivity contribution in [3.63, 3.8) is 0 Å². The minimum atomic E-state index is 1.08. The van der Waals surface area contributed by atoms with Crippen LogP contribution in [0.5, 0.6) is 0 Å². The van der Waals surface area contributed by atoms with Crippen LogP contribution in [-0.2, 0) is 0 Å². The van der Waals surface area contributed by atoms with Gasteiger partial charge in [-0.1, -0.05) is 55.2 Å². The molecule has 0 aliphatic rings. The molecule has 0 nitrogen and oxygen atoms in total. The number of hydrogen-bond donors (Lipinski definition) is 0. The van der Waals surface area contributed by atoms with Gasteiger partial charge < -0.3 is 0 Å². The smallest absolute Gasteiger partial charge is 0.0158 e. The van der Waals surface area contributed by atoms with Gasteiger partial charge in [0.25, 0.3) is 0 Å². The summed E-state index contributed by atoms with van der Waals surface area (Å²) in [6.07, 6.45) is 6.15. The monoisotopic (exact) mass is 238 g/mol. The first-order chi connectivity index (χ1) is 8.47. The average Bonchev–Trinajstić information content (AvgIpc) is 2.34. The molecule has 0 saturated carbocycles. The van der Waals surface area contributed by atoms with Crippen molar-refractivity contribution in [1.82, 2.24) is 0 Å². The Morgan fingerprint density at radius 3 is 2.33 bits per heavy atom. The molecule has 0 aromatic heterocycles. The summed E-state index contributed by atoms with van der Waals surface area (Å²) < 4.78 is 0. The van der Waals surface area contributed by atoms with Crippen molar-refractivity contribution >= 4 is 11.1 Å². The Kier molecular flexibility index (Phi) is 4.91. The zero-order chi connectivity index (χ0) is 13.7. The minimum absolute atomic E-state index is 1.08. The van der Waals surface area contributed by atoms with Crippen LogP contribution in [0.4, 0.5) is 0 Å². The van der Waals surface area contributed by atoms with Gasteiger partial charge in [-0.25, -0.2) is 0 Å². The Balaban J connectivity index is 3.11. The van der Waals surface area contributed by atoms with E-state index < -0.39 is 0 Å². The van der Waals surface area contributed by atoms with E-state index in [0.717, 1.165) is 11.1 Å². The van der Waals surface area contributed by atoms with Crippen molar-refractivity contribution in [2.45, 2.75) is 27.7 Å². The lowest BCUT2D eigenvalue weighted by atomic mass is 9.93. The second-order valence-electron chi connectivity index (χ2n) is 4.66. The van der Waals surface area contributed by atoms with Crippen molar-refractivity contribution in [3.8, 4) is 0 Å². The molecule has 0 aliphatic carbocycles. The molecule has 0 atom stereocenters. The van der Waals surface area contributed by atoms with E-state index in [0.29, 0.717) is 0 Å². The number of benzene rings is 1. The molecular weight excluding hydrogens is 216 g/mol. The minimum Gasteiger partial charge on any atom is -0.0955 e. The molecule has 1 rings (SSSR count). The van der Waals surface area contributed by atoms with E-state index in [4.69, 9.17) is 0 Å². The van der Waals surface area contributed by atoms with E-state index in [1.54, 1.807) is 0 Å². The summed E-state index contributed by atoms with van der Waals surface area (Å²) in [6.45, 7) is 16.4. The first-order valence-electron chi connectivity index (χ1n) is 6.23. The second kappa shape index (κ2) is 6.20. The second-order valence-corrected chi connectivity index (χ2v) is 4.66. The van der Waals surface area contributed by atoms with Crippen LogP contribution in [0.1, 0.15) is 37.5 Å². The van der Waals surface area contributed by atoms with Crippen LogP contribution in [0.2, 0.25) is 0 Å². The normalized spacial score (nSPS) is 11.9. The first kappa shape index (κ1) is 14.2. The standard InChI is InChI=1S/C18H22/c1-7-8-9-14(4)16(6)18-11-10-17(13(2)3)12-15(18)5/h7-12H,2,6H2,1,3-5H3/b8-7-,14-9-. The maximum absolute atomic E-state index is 4.19. The summed E-state index contributed by atoms with van der Waals surface area (Å²) in [7, 11) is 0. The third-order valence-electron chi connectivity index (χ3n) is 3.06. The van der Waals surface area contributed by atoms with Crippen LogP contribution in [0.3, 0.4) is 0 Å². The van der Waals surface area contributed by atoms with E-state index >= 15 is 0 Å². The van der Waals surface area contributed by atoms with Crippen LogP contribution in [-0.4, -0.2) is 0 Å². The first-order valence-corrected chi connectivity index (χ1v) is 6.23. The molecule has 0 radical (unpaired) electrons. The van der Waals surface area contributed by atoms with E-state index in [1.165, 1.54) is 22.3 Å². The molecule has 1 aromatic rings. The summed E-state index contributed by atoms with van der Waals surface area (Å²) in [4.78, 5) is 0. The van der Waals surface area contributed by atoms with Crippen LogP contribution in [0.15, 0.2) is 55.2 Å². The van der Waals surface area contributed by atoms with Gasteiger partial charge in [-0.05, 0) is 55.5 Å². The number of hydrogen-bond acceptors (Lipinski definition) is 0. The van der Waals surface area contributed by atoms with Gasteiger partial charge in [0.1, 0.15) is 0 Å².